The van der Waals surface area contributed by atoms with E-state index in [2.05, 4.69) is 6.58 Å². The molecule has 10 atom stereocenters. The Hall–Kier alpha value is -1.15. The molecule has 10 unspecified atom stereocenters. The lowest BCUT2D eigenvalue weighted by molar-refractivity contribution is -0.348. The first-order valence-electron chi connectivity index (χ1n) is 11.3. The molecule has 2 rings (SSSR count). The summed E-state index contributed by atoms with van der Waals surface area (Å²) in [4.78, 5) is 13.6. The summed E-state index contributed by atoms with van der Waals surface area (Å²) in [6.07, 6.45) is -3.99. The molecule has 11 nitrogen and oxygen atoms in total. The van der Waals surface area contributed by atoms with Crippen LogP contribution in [0.25, 0.3) is 0 Å². The largest absolute Gasteiger partial charge is 0.382 e. The minimum absolute atomic E-state index is 0.230. The number of likely N-dealkylation sites (N-methyl/N-ethyl adjacent to an activating group) is 1. The molecule has 0 aromatic heterocycles. The van der Waals surface area contributed by atoms with E-state index in [0.29, 0.717) is 0 Å². The fraction of sp³-hybridized carbons (Fsp3) is 0.870. The SMILES string of the molecule is C=CC(=O)N(C)CC1OC(OC2C(COC)OC(C)C(OC)C2OC)C(OC)C(OC)C1OC. The number of amides is 1. The summed E-state index contributed by atoms with van der Waals surface area (Å²) in [6.45, 7) is 5.97. The molecule has 1 amide bonds. The molecule has 34 heavy (non-hydrogen) atoms. The number of carbonyl (C=O) groups excluding carboxylic acids is 1. The molecular formula is C23H41NO10. The van der Waals surface area contributed by atoms with Crippen LogP contribution in [0.15, 0.2) is 12.7 Å². The van der Waals surface area contributed by atoms with Gasteiger partial charge in [-0.3, -0.25) is 4.79 Å². The predicted molar refractivity (Wildman–Crippen MR) is 122 cm³/mol. The van der Waals surface area contributed by atoms with Crippen molar-refractivity contribution < 1.29 is 47.4 Å². The van der Waals surface area contributed by atoms with Crippen molar-refractivity contribution in [1.29, 1.82) is 0 Å². The summed E-state index contributed by atoms with van der Waals surface area (Å²) in [5.41, 5.74) is 0. The Morgan fingerprint density at radius 3 is 1.88 bits per heavy atom. The van der Waals surface area contributed by atoms with E-state index in [1.807, 2.05) is 6.92 Å². The molecule has 0 bridgehead atoms. The second-order valence-electron chi connectivity index (χ2n) is 8.40. The predicted octanol–water partition coefficient (Wildman–Crippen LogP) is 0.250. The van der Waals surface area contributed by atoms with Gasteiger partial charge in [-0.15, -0.1) is 0 Å². The summed E-state index contributed by atoms with van der Waals surface area (Å²) in [5, 5.41) is 0. The van der Waals surface area contributed by atoms with Gasteiger partial charge < -0.3 is 47.5 Å². The normalized spacial score (nSPS) is 38.5. The Kier molecular flexibility index (Phi) is 11.8. The zero-order valence-electron chi connectivity index (χ0n) is 21.5. The Labute approximate surface area is 202 Å². The first kappa shape index (κ1) is 29.1. The van der Waals surface area contributed by atoms with Gasteiger partial charge in [0.1, 0.15) is 48.8 Å². The molecule has 0 aliphatic carbocycles. The standard InChI is InChI=1S/C23H41NO10/c1-10-16(25)24(3)11-14-18(28-6)21(30-8)22(31-9)23(33-14)34-19-15(12-26-4)32-13(2)17(27-5)20(19)29-7/h10,13-15,17-23H,1,11-12H2,2-9H3. The smallest absolute Gasteiger partial charge is 0.245 e. The molecule has 0 aromatic rings. The average molecular weight is 492 g/mol. The summed E-state index contributed by atoms with van der Waals surface area (Å²) >= 11 is 0. The van der Waals surface area contributed by atoms with E-state index >= 15 is 0 Å². The van der Waals surface area contributed by atoms with Gasteiger partial charge in [0.25, 0.3) is 0 Å². The molecule has 0 N–H and O–H groups in total. The third-order valence-electron chi connectivity index (χ3n) is 6.44. The zero-order chi connectivity index (χ0) is 25.4. The van der Waals surface area contributed by atoms with Crippen LogP contribution in [0.4, 0.5) is 0 Å². The molecular weight excluding hydrogens is 450 g/mol. The molecule has 2 aliphatic heterocycles. The van der Waals surface area contributed by atoms with Gasteiger partial charge in [0, 0.05) is 56.3 Å². The monoisotopic (exact) mass is 491 g/mol. The Bertz CT molecular complexity index is 637. The molecule has 198 valence electrons. The molecule has 2 saturated heterocycles. The van der Waals surface area contributed by atoms with E-state index in [4.69, 9.17) is 42.6 Å². The number of carbonyl (C=O) groups is 1. The first-order chi connectivity index (χ1) is 16.3. The van der Waals surface area contributed by atoms with Crippen molar-refractivity contribution in [3.63, 3.8) is 0 Å². The van der Waals surface area contributed by atoms with Crippen molar-refractivity contribution in [2.45, 2.75) is 68.1 Å². The number of rotatable bonds is 12. The third-order valence-corrected chi connectivity index (χ3v) is 6.44. The molecule has 2 aliphatic rings. The van der Waals surface area contributed by atoms with Gasteiger partial charge in [-0.2, -0.15) is 0 Å². The molecule has 0 spiro atoms. The minimum atomic E-state index is -0.880. The lowest BCUT2D eigenvalue weighted by Crippen LogP contribution is -2.66. The number of ether oxygens (including phenoxy) is 9. The van der Waals surface area contributed by atoms with Gasteiger partial charge in [0.15, 0.2) is 6.29 Å². The number of hydrogen-bond donors (Lipinski definition) is 0. The van der Waals surface area contributed by atoms with E-state index in [9.17, 15) is 4.79 Å². The Balaban J connectivity index is 2.36. The quantitative estimate of drug-likeness (QED) is 0.353. The second-order valence-corrected chi connectivity index (χ2v) is 8.40. The molecule has 0 aromatic carbocycles. The highest BCUT2D eigenvalue weighted by Gasteiger charge is 2.52. The van der Waals surface area contributed by atoms with Crippen LogP contribution in [0.2, 0.25) is 0 Å². The summed E-state index contributed by atoms with van der Waals surface area (Å²) in [7, 11) is 11.1. The lowest BCUT2D eigenvalue weighted by Gasteiger charge is -2.49. The maximum atomic E-state index is 12.1. The van der Waals surface area contributed by atoms with E-state index in [0.717, 1.165) is 0 Å². The number of methoxy groups -OCH3 is 6. The third kappa shape index (κ3) is 6.34. The van der Waals surface area contributed by atoms with Crippen LogP contribution in [-0.2, 0) is 47.4 Å². The van der Waals surface area contributed by atoms with Gasteiger partial charge in [0.05, 0.1) is 12.7 Å². The van der Waals surface area contributed by atoms with Crippen LogP contribution in [-0.4, -0.2) is 135 Å². The summed E-state index contributed by atoms with van der Waals surface area (Å²) in [6, 6.07) is 0. The van der Waals surface area contributed by atoms with E-state index in [-0.39, 0.29) is 31.3 Å². The van der Waals surface area contributed by atoms with Crippen molar-refractivity contribution in [2.75, 3.05) is 62.9 Å². The number of hydrogen-bond acceptors (Lipinski definition) is 10. The van der Waals surface area contributed by atoms with Crippen molar-refractivity contribution in [1.82, 2.24) is 4.90 Å². The fourth-order valence-corrected chi connectivity index (χ4v) is 4.76. The highest BCUT2D eigenvalue weighted by molar-refractivity contribution is 5.86. The van der Waals surface area contributed by atoms with E-state index < -0.39 is 49.0 Å². The van der Waals surface area contributed by atoms with Gasteiger partial charge in [-0.05, 0) is 13.0 Å². The van der Waals surface area contributed by atoms with Gasteiger partial charge >= 0.3 is 0 Å². The highest BCUT2D eigenvalue weighted by Crippen LogP contribution is 2.33. The van der Waals surface area contributed by atoms with Crippen LogP contribution < -0.4 is 0 Å². The maximum Gasteiger partial charge on any atom is 0.245 e. The summed E-state index contributed by atoms with van der Waals surface area (Å²) < 4.78 is 53.0. The van der Waals surface area contributed by atoms with Crippen LogP contribution in [0.3, 0.4) is 0 Å². The molecule has 2 heterocycles. The highest BCUT2D eigenvalue weighted by atomic mass is 16.7. The summed E-state index contributed by atoms with van der Waals surface area (Å²) in [5.74, 6) is -0.240. The minimum Gasteiger partial charge on any atom is -0.382 e. The van der Waals surface area contributed by atoms with Gasteiger partial charge in [-0.25, -0.2) is 0 Å². The first-order valence-corrected chi connectivity index (χ1v) is 11.3. The van der Waals surface area contributed by atoms with E-state index in [1.54, 1.807) is 49.7 Å². The average Bonchev–Trinajstić information content (AvgIpc) is 2.84. The maximum absolute atomic E-state index is 12.1. The Morgan fingerprint density at radius 2 is 1.38 bits per heavy atom. The molecule has 11 heteroatoms. The van der Waals surface area contributed by atoms with Crippen LogP contribution in [0, 0.1) is 0 Å². The van der Waals surface area contributed by atoms with Crippen molar-refractivity contribution in [3.05, 3.63) is 12.7 Å². The fourth-order valence-electron chi connectivity index (χ4n) is 4.76. The Morgan fingerprint density at radius 1 is 0.824 bits per heavy atom. The van der Waals surface area contributed by atoms with Crippen molar-refractivity contribution in [3.8, 4) is 0 Å². The zero-order valence-corrected chi connectivity index (χ0v) is 21.5. The van der Waals surface area contributed by atoms with Crippen molar-refractivity contribution in [2.24, 2.45) is 0 Å². The van der Waals surface area contributed by atoms with Gasteiger partial charge in [0.2, 0.25) is 5.91 Å². The molecule has 2 fully saturated rings. The topological polar surface area (TPSA) is 103 Å². The van der Waals surface area contributed by atoms with Crippen molar-refractivity contribution >= 4 is 5.91 Å². The van der Waals surface area contributed by atoms with Gasteiger partial charge in [-0.1, -0.05) is 6.58 Å². The lowest BCUT2D eigenvalue weighted by atomic mass is 9.94. The van der Waals surface area contributed by atoms with E-state index in [1.165, 1.54) is 11.0 Å². The van der Waals surface area contributed by atoms with Crippen LogP contribution in [0.5, 0.6) is 0 Å². The van der Waals surface area contributed by atoms with Crippen LogP contribution >= 0.6 is 0 Å². The van der Waals surface area contributed by atoms with Crippen LogP contribution in [0.1, 0.15) is 6.92 Å². The molecule has 0 radical (unpaired) electrons. The second kappa shape index (κ2) is 13.8. The number of nitrogens with zero attached hydrogens (tertiary/aromatic N) is 1. The molecule has 0 saturated carbocycles.